The van der Waals surface area contributed by atoms with Crippen LogP contribution < -0.4 is 15.6 Å². The Kier molecular flexibility index (Phi) is 4.83. The Morgan fingerprint density at radius 3 is 2.68 bits per heavy atom. The number of benzene rings is 2. The lowest BCUT2D eigenvalue weighted by Crippen LogP contribution is -2.19. The van der Waals surface area contributed by atoms with Crippen molar-refractivity contribution in [2.24, 2.45) is 0 Å². The first-order valence-corrected chi connectivity index (χ1v) is 9.93. The van der Waals surface area contributed by atoms with E-state index in [1.807, 2.05) is 31.2 Å². The number of aryl methyl sites for hydroxylation is 1. The molecule has 0 aliphatic rings. The van der Waals surface area contributed by atoms with Crippen molar-refractivity contribution in [1.29, 1.82) is 0 Å². The van der Waals surface area contributed by atoms with Gasteiger partial charge in [0.2, 0.25) is 0 Å². The van der Waals surface area contributed by atoms with Crippen LogP contribution in [0.25, 0.3) is 21.0 Å². The van der Waals surface area contributed by atoms with Crippen molar-refractivity contribution >= 4 is 55.5 Å². The first-order chi connectivity index (χ1) is 13.5. The highest BCUT2D eigenvalue weighted by molar-refractivity contribution is 7.21. The number of nitrogens with zero attached hydrogens (tertiary/aromatic N) is 1. The molecule has 0 saturated carbocycles. The van der Waals surface area contributed by atoms with Crippen molar-refractivity contribution in [2.75, 3.05) is 12.4 Å². The molecule has 0 bridgehead atoms. The van der Waals surface area contributed by atoms with Crippen LogP contribution in [-0.4, -0.2) is 17.6 Å². The lowest BCUT2D eigenvalue weighted by atomic mass is 10.1. The third-order valence-corrected chi connectivity index (χ3v) is 6.06. The van der Waals surface area contributed by atoms with Gasteiger partial charge < -0.3 is 14.6 Å². The number of ether oxygens (including phenoxy) is 1. The van der Waals surface area contributed by atoms with E-state index in [0.29, 0.717) is 33.3 Å². The molecule has 142 valence electrons. The number of nitrogens with one attached hydrogen (secondary N) is 1. The lowest BCUT2D eigenvalue weighted by Gasteiger charge is -2.08. The highest BCUT2D eigenvalue weighted by Gasteiger charge is 2.17. The number of amides is 1. The third-order valence-electron chi connectivity index (χ3n) is 4.60. The van der Waals surface area contributed by atoms with Gasteiger partial charge in [-0.15, -0.1) is 11.3 Å². The summed E-state index contributed by atoms with van der Waals surface area (Å²) in [4.78, 5) is 26.1. The zero-order valence-corrected chi connectivity index (χ0v) is 16.9. The lowest BCUT2D eigenvalue weighted by molar-refractivity contribution is 0.103. The summed E-state index contributed by atoms with van der Waals surface area (Å²) in [7, 11) is 1.53. The van der Waals surface area contributed by atoms with E-state index in [2.05, 4.69) is 5.32 Å². The Hall–Kier alpha value is -2.83. The van der Waals surface area contributed by atoms with E-state index in [-0.39, 0.29) is 11.5 Å². The number of rotatable bonds is 4. The topological polar surface area (TPSA) is 60.3 Å². The van der Waals surface area contributed by atoms with Crippen LogP contribution in [0.1, 0.15) is 16.6 Å². The molecule has 0 radical (unpaired) electrons. The predicted molar refractivity (Wildman–Crippen MR) is 115 cm³/mol. The van der Waals surface area contributed by atoms with Gasteiger partial charge in [0.25, 0.3) is 11.5 Å². The van der Waals surface area contributed by atoms with Crippen molar-refractivity contribution in [3.63, 3.8) is 0 Å². The maximum absolute atomic E-state index is 12.9. The molecule has 2 aromatic carbocycles. The molecule has 1 amide bonds. The smallest absolute Gasteiger partial charge is 0.265 e. The van der Waals surface area contributed by atoms with E-state index in [0.717, 1.165) is 15.6 Å². The number of fused-ring (bicyclic) bond motifs is 3. The number of aromatic nitrogens is 1. The molecule has 4 rings (SSSR count). The van der Waals surface area contributed by atoms with Gasteiger partial charge in [-0.2, -0.15) is 0 Å². The summed E-state index contributed by atoms with van der Waals surface area (Å²) >= 11 is 7.44. The molecule has 0 atom stereocenters. The normalized spacial score (nSPS) is 11.1. The molecular weight excluding hydrogens is 396 g/mol. The standard InChI is InChI=1S/C21H17ClN2O3S/c1-3-24-16-7-5-4-6-13(16)19-14(21(24)26)11-18(28-19)20(25)23-12-8-9-17(27-2)15(22)10-12/h4-11H,3H2,1-2H3,(H,23,25). The Labute approximate surface area is 170 Å². The summed E-state index contributed by atoms with van der Waals surface area (Å²) in [5, 5.41) is 4.77. The van der Waals surface area contributed by atoms with Crippen molar-refractivity contribution in [1.82, 2.24) is 4.57 Å². The Balaban J connectivity index is 1.78. The average Bonchev–Trinajstić information content (AvgIpc) is 3.15. The van der Waals surface area contributed by atoms with Crippen molar-refractivity contribution in [2.45, 2.75) is 13.5 Å². The molecule has 5 nitrogen and oxygen atoms in total. The quantitative estimate of drug-likeness (QED) is 0.504. The van der Waals surface area contributed by atoms with Gasteiger partial charge in [0, 0.05) is 22.3 Å². The molecule has 0 spiro atoms. The summed E-state index contributed by atoms with van der Waals surface area (Å²) in [6, 6.07) is 14.5. The minimum Gasteiger partial charge on any atom is -0.495 e. The maximum atomic E-state index is 12.9. The minimum atomic E-state index is -0.283. The minimum absolute atomic E-state index is 0.0843. The number of hydrogen-bond acceptors (Lipinski definition) is 4. The fourth-order valence-corrected chi connectivity index (χ4v) is 4.61. The van der Waals surface area contributed by atoms with Crippen LogP contribution in [0.2, 0.25) is 5.02 Å². The number of para-hydroxylation sites is 1. The number of anilines is 1. The summed E-state index contributed by atoms with van der Waals surface area (Å²) in [6.07, 6.45) is 0. The van der Waals surface area contributed by atoms with Gasteiger partial charge in [-0.1, -0.05) is 29.8 Å². The number of methoxy groups -OCH3 is 1. The molecule has 0 unspecified atom stereocenters. The van der Waals surface area contributed by atoms with Crippen molar-refractivity contribution in [3.8, 4) is 5.75 Å². The van der Waals surface area contributed by atoms with Crippen LogP contribution >= 0.6 is 22.9 Å². The fraction of sp³-hybridized carbons (Fsp3) is 0.143. The van der Waals surface area contributed by atoms with E-state index in [1.54, 1.807) is 28.8 Å². The summed E-state index contributed by atoms with van der Waals surface area (Å²) in [5.41, 5.74) is 1.35. The molecule has 2 heterocycles. The number of carbonyl (C=O) groups is 1. The summed E-state index contributed by atoms with van der Waals surface area (Å²) < 4.78 is 7.68. The molecular formula is C21H17ClN2O3S. The predicted octanol–water partition coefficient (Wildman–Crippen LogP) is 5.15. The third kappa shape index (κ3) is 3.04. The van der Waals surface area contributed by atoms with Crippen LogP contribution in [0, 0.1) is 0 Å². The highest BCUT2D eigenvalue weighted by Crippen LogP contribution is 2.32. The molecule has 0 saturated heterocycles. The first kappa shape index (κ1) is 18.5. The zero-order chi connectivity index (χ0) is 19.8. The summed E-state index contributed by atoms with van der Waals surface area (Å²) in [6.45, 7) is 2.50. The number of thiophene rings is 1. The SMILES string of the molecule is CCn1c(=O)c2cc(C(=O)Nc3ccc(OC)c(Cl)c3)sc2c2ccccc21. The van der Waals surface area contributed by atoms with Gasteiger partial charge in [0.05, 0.1) is 27.9 Å². The summed E-state index contributed by atoms with van der Waals surface area (Å²) in [5.74, 6) is 0.252. The molecule has 0 fully saturated rings. The molecule has 7 heteroatoms. The second kappa shape index (κ2) is 7.30. The molecule has 0 aliphatic carbocycles. The van der Waals surface area contributed by atoms with E-state index < -0.39 is 0 Å². The van der Waals surface area contributed by atoms with Gasteiger partial charge in [-0.05, 0) is 37.3 Å². The number of carbonyl (C=O) groups excluding carboxylic acids is 1. The fourth-order valence-electron chi connectivity index (χ4n) is 3.27. The highest BCUT2D eigenvalue weighted by atomic mass is 35.5. The largest absolute Gasteiger partial charge is 0.495 e. The van der Waals surface area contributed by atoms with Gasteiger partial charge >= 0.3 is 0 Å². The van der Waals surface area contributed by atoms with Crippen LogP contribution in [0.4, 0.5) is 5.69 Å². The van der Waals surface area contributed by atoms with E-state index >= 15 is 0 Å². The molecule has 2 aromatic heterocycles. The average molecular weight is 413 g/mol. The Bertz CT molecular complexity index is 1280. The molecule has 28 heavy (non-hydrogen) atoms. The van der Waals surface area contributed by atoms with E-state index in [4.69, 9.17) is 16.3 Å². The Morgan fingerprint density at radius 2 is 1.96 bits per heavy atom. The van der Waals surface area contributed by atoms with E-state index in [9.17, 15) is 9.59 Å². The number of halogens is 1. The molecule has 0 aliphatic heterocycles. The van der Waals surface area contributed by atoms with Crippen molar-refractivity contribution in [3.05, 3.63) is 68.8 Å². The second-order valence-electron chi connectivity index (χ2n) is 6.22. The van der Waals surface area contributed by atoms with Crippen LogP contribution in [0.15, 0.2) is 53.3 Å². The van der Waals surface area contributed by atoms with Gasteiger partial charge in [0.15, 0.2) is 0 Å². The number of hydrogen-bond donors (Lipinski definition) is 1. The van der Waals surface area contributed by atoms with Gasteiger partial charge in [0.1, 0.15) is 5.75 Å². The van der Waals surface area contributed by atoms with Gasteiger partial charge in [-0.25, -0.2) is 0 Å². The zero-order valence-electron chi connectivity index (χ0n) is 15.3. The van der Waals surface area contributed by atoms with Gasteiger partial charge in [-0.3, -0.25) is 9.59 Å². The monoisotopic (exact) mass is 412 g/mol. The van der Waals surface area contributed by atoms with Crippen LogP contribution in [-0.2, 0) is 6.54 Å². The molecule has 4 aromatic rings. The maximum Gasteiger partial charge on any atom is 0.265 e. The Morgan fingerprint density at radius 1 is 1.18 bits per heavy atom. The van der Waals surface area contributed by atoms with Crippen molar-refractivity contribution < 1.29 is 9.53 Å². The number of pyridine rings is 1. The second-order valence-corrected chi connectivity index (χ2v) is 7.68. The van der Waals surface area contributed by atoms with E-state index in [1.165, 1.54) is 18.4 Å². The van der Waals surface area contributed by atoms with Crippen LogP contribution in [0.5, 0.6) is 5.75 Å². The first-order valence-electron chi connectivity index (χ1n) is 8.73. The molecule has 1 N–H and O–H groups in total. The van der Waals surface area contributed by atoms with Crippen LogP contribution in [0.3, 0.4) is 0 Å².